The number of alkyl halides is 2. The first-order chi connectivity index (χ1) is 9.45. The molecule has 1 aromatic rings. The van der Waals surface area contributed by atoms with Crippen LogP contribution in [0.1, 0.15) is 37.3 Å². The van der Waals surface area contributed by atoms with E-state index in [-0.39, 0.29) is 24.8 Å². The summed E-state index contributed by atoms with van der Waals surface area (Å²) in [7, 11) is 1.55. The fourth-order valence-corrected chi connectivity index (χ4v) is 3.00. The molecule has 0 amide bonds. The second kappa shape index (κ2) is 6.24. The van der Waals surface area contributed by atoms with Crippen LogP contribution < -0.4 is 16.0 Å². The summed E-state index contributed by atoms with van der Waals surface area (Å²) in [6, 6.07) is 5.04. The van der Waals surface area contributed by atoms with E-state index >= 15 is 0 Å². The van der Waals surface area contributed by atoms with Crippen LogP contribution in [-0.2, 0) is 0 Å². The van der Waals surface area contributed by atoms with Crippen LogP contribution in [0.5, 0.6) is 5.75 Å². The van der Waals surface area contributed by atoms with Gasteiger partial charge in [0.1, 0.15) is 5.75 Å². The molecule has 0 heterocycles. The molecule has 0 saturated heterocycles. The molecule has 2 unspecified atom stereocenters. The van der Waals surface area contributed by atoms with Gasteiger partial charge in [0.25, 0.3) is 0 Å². The topological polar surface area (TPSA) is 47.3 Å². The average Bonchev–Trinajstić information content (AvgIpc) is 2.75. The van der Waals surface area contributed by atoms with Crippen LogP contribution in [0.2, 0.25) is 5.02 Å². The SMILES string of the molecule is COc1cc(Cl)ccc1C(CC1CCC(F)(F)C1)NN. The number of ether oxygens (including phenoxy) is 1. The summed E-state index contributed by atoms with van der Waals surface area (Å²) < 4.78 is 31.8. The maximum Gasteiger partial charge on any atom is 0.248 e. The number of methoxy groups -OCH3 is 1. The molecule has 1 aliphatic carbocycles. The lowest BCUT2D eigenvalue weighted by Crippen LogP contribution is -2.30. The van der Waals surface area contributed by atoms with Crippen molar-refractivity contribution in [3.63, 3.8) is 0 Å². The molecule has 3 N–H and O–H groups in total. The van der Waals surface area contributed by atoms with Crippen LogP contribution in [0.3, 0.4) is 0 Å². The van der Waals surface area contributed by atoms with Gasteiger partial charge in [-0.3, -0.25) is 11.3 Å². The van der Waals surface area contributed by atoms with Crippen LogP contribution in [0.15, 0.2) is 18.2 Å². The van der Waals surface area contributed by atoms with Crippen LogP contribution in [0.25, 0.3) is 0 Å². The van der Waals surface area contributed by atoms with Crippen molar-refractivity contribution in [3.05, 3.63) is 28.8 Å². The van der Waals surface area contributed by atoms with Crippen molar-refractivity contribution >= 4 is 11.6 Å². The van der Waals surface area contributed by atoms with Gasteiger partial charge in [-0.15, -0.1) is 0 Å². The van der Waals surface area contributed by atoms with Crippen LogP contribution >= 0.6 is 11.6 Å². The molecule has 1 saturated carbocycles. The third-order valence-electron chi connectivity index (χ3n) is 3.85. The van der Waals surface area contributed by atoms with Gasteiger partial charge in [0, 0.05) is 29.5 Å². The summed E-state index contributed by atoms with van der Waals surface area (Å²) in [6.45, 7) is 0. The van der Waals surface area contributed by atoms with E-state index in [1.54, 1.807) is 19.2 Å². The summed E-state index contributed by atoms with van der Waals surface area (Å²) in [5, 5.41) is 0.564. The Labute approximate surface area is 122 Å². The Kier molecular flexibility index (Phi) is 4.83. The van der Waals surface area contributed by atoms with E-state index in [9.17, 15) is 8.78 Å². The summed E-state index contributed by atoms with van der Waals surface area (Å²) in [4.78, 5) is 0. The van der Waals surface area contributed by atoms with E-state index in [0.717, 1.165) is 5.56 Å². The maximum atomic E-state index is 13.3. The Morgan fingerprint density at radius 3 is 2.85 bits per heavy atom. The maximum absolute atomic E-state index is 13.3. The first-order valence-corrected chi connectivity index (χ1v) is 7.00. The monoisotopic (exact) mass is 304 g/mol. The third-order valence-corrected chi connectivity index (χ3v) is 4.08. The highest BCUT2D eigenvalue weighted by atomic mass is 35.5. The number of hydrogen-bond donors (Lipinski definition) is 2. The van der Waals surface area contributed by atoms with Crippen molar-refractivity contribution in [2.75, 3.05) is 7.11 Å². The molecule has 0 radical (unpaired) electrons. The minimum Gasteiger partial charge on any atom is -0.496 e. The van der Waals surface area contributed by atoms with Gasteiger partial charge in [0.15, 0.2) is 0 Å². The van der Waals surface area contributed by atoms with E-state index in [0.29, 0.717) is 23.6 Å². The highest BCUT2D eigenvalue weighted by molar-refractivity contribution is 6.30. The first-order valence-electron chi connectivity index (χ1n) is 6.62. The van der Waals surface area contributed by atoms with E-state index in [1.165, 1.54) is 0 Å². The summed E-state index contributed by atoms with van der Waals surface area (Å²) in [5.74, 6) is 3.63. The number of hydrogen-bond acceptors (Lipinski definition) is 3. The molecular weight excluding hydrogens is 286 g/mol. The van der Waals surface area contributed by atoms with Crippen molar-refractivity contribution in [1.82, 2.24) is 5.43 Å². The lowest BCUT2D eigenvalue weighted by molar-refractivity contribution is 0.00429. The molecule has 1 aromatic carbocycles. The molecule has 0 bridgehead atoms. The van der Waals surface area contributed by atoms with Crippen molar-refractivity contribution < 1.29 is 13.5 Å². The molecule has 2 rings (SSSR count). The van der Waals surface area contributed by atoms with Crippen molar-refractivity contribution in [1.29, 1.82) is 0 Å². The van der Waals surface area contributed by atoms with Crippen molar-refractivity contribution in [3.8, 4) is 5.75 Å². The molecule has 0 aliphatic heterocycles. The Morgan fingerprint density at radius 2 is 2.30 bits per heavy atom. The second-order valence-corrected chi connectivity index (χ2v) is 5.74. The van der Waals surface area contributed by atoms with E-state index in [1.807, 2.05) is 6.07 Å². The lowest BCUT2D eigenvalue weighted by atomic mass is 9.93. The number of nitrogens with two attached hydrogens (primary N) is 1. The van der Waals surface area contributed by atoms with E-state index in [2.05, 4.69) is 5.43 Å². The quantitative estimate of drug-likeness (QED) is 0.644. The molecule has 2 atom stereocenters. The Hall–Kier alpha value is -0.910. The van der Waals surface area contributed by atoms with E-state index in [4.69, 9.17) is 22.2 Å². The van der Waals surface area contributed by atoms with Crippen molar-refractivity contribution in [2.45, 2.75) is 37.6 Å². The molecule has 20 heavy (non-hydrogen) atoms. The normalized spacial score (nSPS) is 22.8. The molecule has 112 valence electrons. The number of nitrogens with one attached hydrogen (secondary N) is 1. The molecule has 1 aliphatic rings. The standard InChI is InChI=1S/C14H19ClF2N2O/c1-20-13-7-10(15)2-3-11(13)12(19-18)6-9-4-5-14(16,17)8-9/h2-3,7,9,12,19H,4-6,8,18H2,1H3. The fraction of sp³-hybridized carbons (Fsp3) is 0.571. The van der Waals surface area contributed by atoms with Gasteiger partial charge in [0.2, 0.25) is 5.92 Å². The summed E-state index contributed by atoms with van der Waals surface area (Å²) in [5.41, 5.74) is 3.54. The highest BCUT2D eigenvalue weighted by Crippen LogP contribution is 2.43. The van der Waals surface area contributed by atoms with Gasteiger partial charge < -0.3 is 4.74 Å². The molecule has 3 nitrogen and oxygen atoms in total. The van der Waals surface area contributed by atoms with Gasteiger partial charge in [-0.25, -0.2) is 8.78 Å². The molecule has 1 fully saturated rings. The first kappa shape index (κ1) is 15.5. The van der Waals surface area contributed by atoms with Gasteiger partial charge in [-0.05, 0) is 30.9 Å². The van der Waals surface area contributed by atoms with Gasteiger partial charge in [-0.1, -0.05) is 17.7 Å². The summed E-state index contributed by atoms with van der Waals surface area (Å²) >= 11 is 5.92. The highest BCUT2D eigenvalue weighted by Gasteiger charge is 2.40. The fourth-order valence-electron chi connectivity index (χ4n) is 2.83. The largest absolute Gasteiger partial charge is 0.496 e. The molecular formula is C14H19ClF2N2O. The van der Waals surface area contributed by atoms with Gasteiger partial charge in [-0.2, -0.15) is 0 Å². The minimum absolute atomic E-state index is 0.0350. The van der Waals surface area contributed by atoms with Crippen LogP contribution in [0.4, 0.5) is 8.78 Å². The van der Waals surface area contributed by atoms with Gasteiger partial charge in [0.05, 0.1) is 7.11 Å². The Morgan fingerprint density at radius 1 is 1.55 bits per heavy atom. The zero-order chi connectivity index (χ0) is 14.8. The Balaban J connectivity index is 2.12. The van der Waals surface area contributed by atoms with Gasteiger partial charge >= 0.3 is 0 Å². The van der Waals surface area contributed by atoms with Crippen LogP contribution in [0, 0.1) is 5.92 Å². The number of rotatable bonds is 5. The number of halogens is 3. The number of benzene rings is 1. The van der Waals surface area contributed by atoms with E-state index < -0.39 is 5.92 Å². The van der Waals surface area contributed by atoms with Crippen molar-refractivity contribution in [2.24, 2.45) is 11.8 Å². The lowest BCUT2D eigenvalue weighted by Gasteiger charge is -2.22. The predicted octanol–water partition coefficient (Wildman–Crippen LogP) is 3.68. The average molecular weight is 305 g/mol. The minimum atomic E-state index is -2.53. The zero-order valence-electron chi connectivity index (χ0n) is 11.3. The summed E-state index contributed by atoms with van der Waals surface area (Å²) in [6.07, 6.45) is 0.985. The predicted molar refractivity (Wildman–Crippen MR) is 75.0 cm³/mol. The third kappa shape index (κ3) is 3.59. The molecule has 6 heteroatoms. The second-order valence-electron chi connectivity index (χ2n) is 5.31. The number of hydrazine groups is 1. The Bertz CT molecular complexity index is 470. The smallest absolute Gasteiger partial charge is 0.248 e. The van der Waals surface area contributed by atoms with Crippen LogP contribution in [-0.4, -0.2) is 13.0 Å². The molecule has 0 aromatic heterocycles. The zero-order valence-corrected chi connectivity index (χ0v) is 12.1. The molecule has 0 spiro atoms.